The number of pyridine rings is 1. The van der Waals surface area contributed by atoms with Gasteiger partial charge in [0.2, 0.25) is 0 Å². The van der Waals surface area contributed by atoms with Crippen LogP contribution in [0.3, 0.4) is 0 Å². The summed E-state index contributed by atoms with van der Waals surface area (Å²) in [6.07, 6.45) is 0. The molecule has 0 aliphatic heterocycles. The summed E-state index contributed by atoms with van der Waals surface area (Å²) < 4.78 is 0. The molecule has 3 nitrogen and oxygen atoms in total. The zero-order valence-electron chi connectivity index (χ0n) is 39.8. The monoisotopic (exact) mass is 927 g/mol. The Balaban J connectivity index is 0.906. The van der Waals surface area contributed by atoms with Crippen molar-refractivity contribution in [3.63, 3.8) is 0 Å². The maximum atomic E-state index is 5.20. The van der Waals surface area contributed by atoms with E-state index in [-0.39, 0.29) is 0 Å². The summed E-state index contributed by atoms with van der Waals surface area (Å²) in [5.41, 5.74) is 25.6. The number of rotatable bonds is 8. The maximum Gasteiger partial charge on any atom is 0.160 e. The second kappa shape index (κ2) is 17.4. The number of aromatic nitrogens is 3. The predicted molar refractivity (Wildman–Crippen MR) is 300 cm³/mol. The predicted octanol–water partition coefficient (Wildman–Crippen LogP) is 17.6. The Morgan fingerprint density at radius 1 is 0.192 bits per heavy atom. The van der Waals surface area contributed by atoms with E-state index in [1.54, 1.807) is 0 Å². The van der Waals surface area contributed by atoms with Crippen LogP contribution in [0.2, 0.25) is 0 Å². The number of benzene rings is 10. The molecule has 12 aromatic rings. The van der Waals surface area contributed by atoms with Crippen LogP contribution in [-0.4, -0.2) is 15.0 Å². The number of hydrogen-bond acceptors (Lipinski definition) is 3. The molecule has 10 aromatic carbocycles. The first-order valence-corrected chi connectivity index (χ1v) is 25.0. The zero-order valence-corrected chi connectivity index (χ0v) is 39.8. The SMILES string of the molecule is c1ccc(-c2cc(-c3cccc(-c4ccc5c(c4)C4(c6ccccc6-c6ccccc64)c4cc(-c6cccc(-c7cc(-c8ccccc8)nc(-c8ccccc8)n7)c6)ccc4-5)c3)cc(-c3ccccc3)n2)cc1. The summed E-state index contributed by atoms with van der Waals surface area (Å²) in [6, 6.07) is 98.5. The van der Waals surface area contributed by atoms with Crippen LogP contribution in [0.15, 0.2) is 273 Å². The highest BCUT2D eigenvalue weighted by Crippen LogP contribution is 2.63. The lowest BCUT2D eigenvalue weighted by Gasteiger charge is -2.31. The molecule has 3 heteroatoms. The van der Waals surface area contributed by atoms with Gasteiger partial charge in [-0.15, -0.1) is 0 Å². The Morgan fingerprint density at radius 3 is 1.03 bits per heavy atom. The minimum Gasteiger partial charge on any atom is -0.248 e. The van der Waals surface area contributed by atoms with E-state index in [9.17, 15) is 0 Å². The van der Waals surface area contributed by atoms with Gasteiger partial charge in [0.1, 0.15) is 0 Å². The lowest BCUT2D eigenvalue weighted by Crippen LogP contribution is -2.26. The third kappa shape index (κ3) is 7.16. The number of fused-ring (bicyclic) bond motifs is 10. The molecule has 2 heterocycles. The van der Waals surface area contributed by atoms with Crippen molar-refractivity contribution in [2.24, 2.45) is 0 Å². The van der Waals surface area contributed by atoms with E-state index in [4.69, 9.17) is 15.0 Å². The summed E-state index contributed by atoms with van der Waals surface area (Å²) in [7, 11) is 0. The Bertz CT molecular complexity index is 3690. The Labute approximate surface area is 425 Å². The molecule has 2 aromatic heterocycles. The molecular formula is C70H45N3. The second-order valence-electron chi connectivity index (χ2n) is 19.1. The number of nitrogens with zero attached hydrogens (tertiary/aromatic N) is 3. The van der Waals surface area contributed by atoms with Gasteiger partial charge in [-0.25, -0.2) is 15.0 Å². The van der Waals surface area contributed by atoms with Crippen LogP contribution < -0.4 is 0 Å². The third-order valence-corrected chi connectivity index (χ3v) is 14.9. The fraction of sp³-hybridized carbons (Fsp3) is 0.0143. The molecule has 1 spiro atoms. The molecule has 0 saturated carbocycles. The molecule has 2 aliphatic rings. The minimum atomic E-state index is -0.540. The quantitative estimate of drug-likeness (QED) is 0.152. The third-order valence-electron chi connectivity index (χ3n) is 14.9. The average Bonchev–Trinajstić information content (AvgIpc) is 3.96. The molecule has 340 valence electrons. The van der Waals surface area contributed by atoms with Crippen molar-refractivity contribution in [2.75, 3.05) is 0 Å². The molecule has 73 heavy (non-hydrogen) atoms. The summed E-state index contributed by atoms with van der Waals surface area (Å²) in [4.78, 5) is 15.5. The molecule has 0 saturated heterocycles. The first kappa shape index (κ1) is 42.3. The fourth-order valence-corrected chi connectivity index (χ4v) is 11.5. The molecule has 0 radical (unpaired) electrons. The van der Waals surface area contributed by atoms with Crippen molar-refractivity contribution in [3.8, 4) is 112 Å². The lowest BCUT2D eigenvalue weighted by atomic mass is 9.70. The van der Waals surface area contributed by atoms with Crippen LogP contribution in [0.1, 0.15) is 22.3 Å². The topological polar surface area (TPSA) is 38.7 Å². The molecular weight excluding hydrogens is 883 g/mol. The smallest absolute Gasteiger partial charge is 0.160 e. The fourth-order valence-electron chi connectivity index (χ4n) is 11.5. The van der Waals surface area contributed by atoms with Crippen molar-refractivity contribution < 1.29 is 0 Å². The van der Waals surface area contributed by atoms with E-state index in [0.717, 1.165) is 72.8 Å². The highest BCUT2D eigenvalue weighted by molar-refractivity contribution is 5.97. The molecule has 0 N–H and O–H groups in total. The highest BCUT2D eigenvalue weighted by Gasteiger charge is 2.51. The Kier molecular flexibility index (Phi) is 10.1. The molecule has 0 bridgehead atoms. The van der Waals surface area contributed by atoms with Gasteiger partial charge >= 0.3 is 0 Å². The second-order valence-corrected chi connectivity index (χ2v) is 19.1. The highest BCUT2D eigenvalue weighted by atomic mass is 14.9. The van der Waals surface area contributed by atoms with Crippen LogP contribution >= 0.6 is 0 Å². The summed E-state index contributed by atoms with van der Waals surface area (Å²) >= 11 is 0. The standard InChI is InChI=1S/C70H45N3/c1-5-19-46(20-6-1)65-43-56(44-66(71-65)47-21-7-2-8-22-47)52-29-17-27-50(39-52)53-35-37-59-60-38-36-54(42-64(60)70(63(59)41-53)61-33-15-13-31-57(61)58-32-14-16-34-62(58)70)51-28-18-30-55(40-51)68-45-67(48-23-9-3-10-24-48)72-69(73-68)49-25-11-4-12-26-49/h1-45H. The van der Waals surface area contributed by atoms with Gasteiger partial charge < -0.3 is 0 Å². The van der Waals surface area contributed by atoms with Crippen molar-refractivity contribution in [3.05, 3.63) is 295 Å². The van der Waals surface area contributed by atoms with E-state index >= 15 is 0 Å². The van der Waals surface area contributed by atoms with Gasteiger partial charge in [-0.05, 0) is 120 Å². The zero-order chi connectivity index (χ0) is 48.3. The Morgan fingerprint density at radius 2 is 0.534 bits per heavy atom. The van der Waals surface area contributed by atoms with Gasteiger partial charge in [0.05, 0.1) is 28.2 Å². The first-order chi connectivity index (χ1) is 36.2. The molecule has 14 rings (SSSR count). The van der Waals surface area contributed by atoms with Crippen LogP contribution in [0.25, 0.3) is 112 Å². The van der Waals surface area contributed by atoms with Gasteiger partial charge in [-0.3, -0.25) is 0 Å². The molecule has 2 aliphatic carbocycles. The van der Waals surface area contributed by atoms with E-state index < -0.39 is 5.41 Å². The van der Waals surface area contributed by atoms with Crippen LogP contribution in [0.5, 0.6) is 0 Å². The van der Waals surface area contributed by atoms with E-state index in [2.05, 4.69) is 249 Å². The first-order valence-electron chi connectivity index (χ1n) is 25.0. The largest absolute Gasteiger partial charge is 0.248 e. The minimum absolute atomic E-state index is 0.540. The van der Waals surface area contributed by atoms with E-state index in [1.807, 2.05) is 24.3 Å². The molecule has 0 fully saturated rings. The molecule has 0 atom stereocenters. The molecule has 0 unspecified atom stereocenters. The average molecular weight is 928 g/mol. The van der Waals surface area contributed by atoms with Crippen molar-refractivity contribution in [1.82, 2.24) is 15.0 Å². The van der Waals surface area contributed by atoms with Crippen LogP contribution in [-0.2, 0) is 5.41 Å². The normalized spacial score (nSPS) is 12.5. The van der Waals surface area contributed by atoms with Gasteiger partial charge in [0, 0.05) is 27.8 Å². The Hall–Kier alpha value is -9.57. The lowest BCUT2D eigenvalue weighted by molar-refractivity contribution is 0.794. The van der Waals surface area contributed by atoms with Crippen LogP contribution in [0, 0.1) is 0 Å². The van der Waals surface area contributed by atoms with Crippen molar-refractivity contribution in [1.29, 1.82) is 0 Å². The van der Waals surface area contributed by atoms with Crippen molar-refractivity contribution >= 4 is 0 Å². The van der Waals surface area contributed by atoms with Gasteiger partial charge in [0.25, 0.3) is 0 Å². The van der Waals surface area contributed by atoms with E-state index in [0.29, 0.717) is 5.82 Å². The summed E-state index contributed by atoms with van der Waals surface area (Å²) in [5, 5.41) is 0. The van der Waals surface area contributed by atoms with Crippen molar-refractivity contribution in [2.45, 2.75) is 5.41 Å². The van der Waals surface area contributed by atoms with E-state index in [1.165, 1.54) is 55.6 Å². The van der Waals surface area contributed by atoms with Gasteiger partial charge in [-0.2, -0.15) is 0 Å². The summed E-state index contributed by atoms with van der Waals surface area (Å²) in [5.74, 6) is 0.705. The summed E-state index contributed by atoms with van der Waals surface area (Å²) in [6.45, 7) is 0. The van der Waals surface area contributed by atoms with Crippen LogP contribution in [0.4, 0.5) is 0 Å². The maximum absolute atomic E-state index is 5.20. The van der Waals surface area contributed by atoms with Gasteiger partial charge in [-0.1, -0.05) is 231 Å². The van der Waals surface area contributed by atoms with Gasteiger partial charge in [0.15, 0.2) is 5.82 Å². The number of hydrogen-bond donors (Lipinski definition) is 0. The molecule has 0 amide bonds.